The summed E-state index contributed by atoms with van der Waals surface area (Å²) < 4.78 is 0. The molecular formula is C24H23N. The van der Waals surface area contributed by atoms with Gasteiger partial charge in [-0.1, -0.05) is 84.9 Å². The van der Waals surface area contributed by atoms with Gasteiger partial charge in [-0.15, -0.1) is 0 Å². The Balaban J connectivity index is 1.63. The van der Waals surface area contributed by atoms with Crippen LogP contribution in [0.5, 0.6) is 0 Å². The first-order valence-corrected chi connectivity index (χ1v) is 9.03. The molecule has 0 fully saturated rings. The minimum atomic E-state index is 0.396. The molecule has 0 spiro atoms. The van der Waals surface area contributed by atoms with Crippen LogP contribution < -0.4 is 4.90 Å². The summed E-state index contributed by atoms with van der Waals surface area (Å²) >= 11 is 0. The SMILES string of the molecule is C(=C\c1ccccc1)/C[C@H]1c2ccccc2CCN1c1ccccc1. The summed E-state index contributed by atoms with van der Waals surface area (Å²) in [6.45, 7) is 1.07. The number of nitrogens with zero attached hydrogens (tertiary/aromatic N) is 1. The van der Waals surface area contributed by atoms with Crippen molar-refractivity contribution in [3.63, 3.8) is 0 Å². The highest BCUT2D eigenvalue weighted by Crippen LogP contribution is 2.36. The summed E-state index contributed by atoms with van der Waals surface area (Å²) in [6.07, 6.45) is 6.68. The zero-order chi connectivity index (χ0) is 16.9. The van der Waals surface area contributed by atoms with Gasteiger partial charge < -0.3 is 4.90 Å². The van der Waals surface area contributed by atoms with E-state index in [-0.39, 0.29) is 0 Å². The predicted octanol–water partition coefficient (Wildman–Crippen LogP) is 5.89. The van der Waals surface area contributed by atoms with Crippen LogP contribution in [-0.2, 0) is 6.42 Å². The van der Waals surface area contributed by atoms with Crippen molar-refractivity contribution in [3.05, 3.63) is 108 Å². The fourth-order valence-electron chi connectivity index (χ4n) is 3.73. The van der Waals surface area contributed by atoms with Gasteiger partial charge in [-0.25, -0.2) is 0 Å². The fraction of sp³-hybridized carbons (Fsp3) is 0.167. The molecule has 0 N–H and O–H groups in total. The van der Waals surface area contributed by atoms with Crippen molar-refractivity contribution in [3.8, 4) is 0 Å². The average molecular weight is 325 g/mol. The Morgan fingerprint density at radius 2 is 1.48 bits per heavy atom. The van der Waals surface area contributed by atoms with Crippen molar-refractivity contribution in [2.75, 3.05) is 11.4 Å². The van der Waals surface area contributed by atoms with Gasteiger partial charge >= 0.3 is 0 Å². The predicted molar refractivity (Wildman–Crippen MR) is 107 cm³/mol. The molecule has 3 aromatic rings. The minimum Gasteiger partial charge on any atom is -0.364 e. The molecule has 0 saturated carbocycles. The molecule has 0 unspecified atom stereocenters. The minimum absolute atomic E-state index is 0.396. The van der Waals surface area contributed by atoms with Gasteiger partial charge in [-0.2, -0.15) is 0 Å². The number of benzene rings is 3. The van der Waals surface area contributed by atoms with E-state index in [1.165, 1.54) is 22.4 Å². The highest BCUT2D eigenvalue weighted by Gasteiger charge is 2.26. The van der Waals surface area contributed by atoms with Gasteiger partial charge in [-0.3, -0.25) is 0 Å². The Kier molecular flexibility index (Phi) is 4.65. The first-order valence-electron chi connectivity index (χ1n) is 9.03. The van der Waals surface area contributed by atoms with E-state index in [0.29, 0.717) is 6.04 Å². The van der Waals surface area contributed by atoms with Crippen molar-refractivity contribution in [2.24, 2.45) is 0 Å². The second-order valence-corrected chi connectivity index (χ2v) is 6.54. The van der Waals surface area contributed by atoms with Gasteiger partial charge in [-0.05, 0) is 41.7 Å². The summed E-state index contributed by atoms with van der Waals surface area (Å²) in [7, 11) is 0. The number of hydrogen-bond acceptors (Lipinski definition) is 1. The van der Waals surface area contributed by atoms with Crippen LogP contribution in [0.4, 0.5) is 5.69 Å². The normalized spacial score (nSPS) is 16.8. The van der Waals surface area contributed by atoms with Crippen molar-refractivity contribution >= 4 is 11.8 Å². The van der Waals surface area contributed by atoms with E-state index in [4.69, 9.17) is 0 Å². The number of anilines is 1. The van der Waals surface area contributed by atoms with Crippen LogP contribution in [0.25, 0.3) is 6.08 Å². The molecule has 4 rings (SSSR count). The zero-order valence-electron chi connectivity index (χ0n) is 14.4. The lowest BCUT2D eigenvalue weighted by molar-refractivity contribution is 0.589. The molecule has 1 aliphatic rings. The van der Waals surface area contributed by atoms with Crippen LogP contribution in [0.3, 0.4) is 0 Å². The molecule has 3 aromatic carbocycles. The molecule has 124 valence electrons. The van der Waals surface area contributed by atoms with E-state index in [1.807, 2.05) is 0 Å². The monoisotopic (exact) mass is 325 g/mol. The summed E-state index contributed by atoms with van der Waals surface area (Å²) in [5.74, 6) is 0. The molecule has 0 bridgehead atoms. The van der Waals surface area contributed by atoms with Crippen molar-refractivity contribution in [2.45, 2.75) is 18.9 Å². The third-order valence-corrected chi connectivity index (χ3v) is 4.97. The maximum atomic E-state index is 2.55. The maximum absolute atomic E-state index is 2.55. The van der Waals surface area contributed by atoms with Crippen LogP contribution in [0, 0.1) is 0 Å². The first-order chi connectivity index (χ1) is 12.4. The molecule has 1 heterocycles. The van der Waals surface area contributed by atoms with Crippen LogP contribution in [0.2, 0.25) is 0 Å². The number of fused-ring (bicyclic) bond motifs is 1. The molecule has 0 radical (unpaired) electrons. The molecule has 25 heavy (non-hydrogen) atoms. The molecule has 0 aliphatic carbocycles. The quantitative estimate of drug-likeness (QED) is 0.578. The van der Waals surface area contributed by atoms with Gasteiger partial charge in [0.25, 0.3) is 0 Å². The van der Waals surface area contributed by atoms with Gasteiger partial charge in [0.15, 0.2) is 0 Å². The standard InChI is InChI=1S/C24H23N/c1-3-10-20(11-4-1)12-9-17-24-23-16-8-7-13-21(23)18-19-25(24)22-14-5-2-6-15-22/h1-16,24H,17-19H2/b12-9+/t24-/m0/s1. The zero-order valence-corrected chi connectivity index (χ0v) is 14.4. The number of para-hydroxylation sites is 1. The average Bonchev–Trinajstić information content (AvgIpc) is 2.69. The van der Waals surface area contributed by atoms with Gasteiger partial charge in [0.2, 0.25) is 0 Å². The van der Waals surface area contributed by atoms with Crippen molar-refractivity contribution in [1.82, 2.24) is 0 Å². The van der Waals surface area contributed by atoms with Crippen LogP contribution >= 0.6 is 0 Å². The molecular weight excluding hydrogens is 302 g/mol. The molecule has 0 saturated heterocycles. The Labute approximate surface area is 150 Å². The Hall–Kier alpha value is -2.80. The molecule has 1 atom stereocenters. The number of hydrogen-bond donors (Lipinski definition) is 0. The fourth-order valence-corrected chi connectivity index (χ4v) is 3.73. The van der Waals surface area contributed by atoms with Crippen LogP contribution in [0.1, 0.15) is 29.2 Å². The Morgan fingerprint density at radius 1 is 0.800 bits per heavy atom. The van der Waals surface area contributed by atoms with E-state index >= 15 is 0 Å². The van der Waals surface area contributed by atoms with Crippen molar-refractivity contribution in [1.29, 1.82) is 0 Å². The van der Waals surface area contributed by atoms with Gasteiger partial charge in [0, 0.05) is 12.2 Å². The largest absolute Gasteiger partial charge is 0.364 e. The summed E-state index contributed by atoms with van der Waals surface area (Å²) in [6, 6.07) is 30.7. The van der Waals surface area contributed by atoms with Crippen LogP contribution in [-0.4, -0.2) is 6.54 Å². The molecule has 1 heteroatoms. The van der Waals surface area contributed by atoms with Gasteiger partial charge in [0.1, 0.15) is 0 Å². The third kappa shape index (κ3) is 3.51. The second kappa shape index (κ2) is 7.40. The lowest BCUT2D eigenvalue weighted by atomic mass is 9.90. The third-order valence-electron chi connectivity index (χ3n) is 4.97. The molecule has 1 nitrogen and oxygen atoms in total. The topological polar surface area (TPSA) is 3.24 Å². The van der Waals surface area contributed by atoms with E-state index in [1.54, 1.807) is 0 Å². The second-order valence-electron chi connectivity index (χ2n) is 6.54. The molecule has 0 aromatic heterocycles. The summed E-state index contributed by atoms with van der Waals surface area (Å²) in [4.78, 5) is 2.55. The van der Waals surface area contributed by atoms with Gasteiger partial charge in [0.05, 0.1) is 6.04 Å². The lowest BCUT2D eigenvalue weighted by Crippen LogP contribution is -2.35. The van der Waals surface area contributed by atoms with E-state index in [2.05, 4.69) is 102 Å². The van der Waals surface area contributed by atoms with Crippen molar-refractivity contribution < 1.29 is 0 Å². The van der Waals surface area contributed by atoms with E-state index in [0.717, 1.165) is 19.4 Å². The van der Waals surface area contributed by atoms with E-state index in [9.17, 15) is 0 Å². The summed E-state index contributed by atoms with van der Waals surface area (Å²) in [5, 5.41) is 0. The lowest BCUT2D eigenvalue weighted by Gasteiger charge is -2.38. The Bertz CT molecular complexity index is 836. The van der Waals surface area contributed by atoms with E-state index < -0.39 is 0 Å². The first kappa shape index (κ1) is 15.7. The highest BCUT2D eigenvalue weighted by atomic mass is 15.2. The van der Waals surface area contributed by atoms with Crippen LogP contribution in [0.15, 0.2) is 91.0 Å². The number of rotatable bonds is 4. The summed E-state index contributed by atoms with van der Waals surface area (Å²) in [5.41, 5.74) is 5.54. The Morgan fingerprint density at radius 3 is 2.28 bits per heavy atom. The smallest absolute Gasteiger partial charge is 0.0579 e. The maximum Gasteiger partial charge on any atom is 0.0579 e. The molecule has 0 amide bonds. The highest BCUT2D eigenvalue weighted by molar-refractivity contribution is 5.54. The molecule has 1 aliphatic heterocycles.